The lowest BCUT2D eigenvalue weighted by Crippen LogP contribution is -2.41. The Morgan fingerprint density at radius 3 is 2.41 bits per heavy atom. The third kappa shape index (κ3) is 2.21. The maximum absolute atomic E-state index is 12.2. The smallest absolute Gasteiger partial charge is 0.471 e. The van der Waals surface area contributed by atoms with Gasteiger partial charge < -0.3 is 14.7 Å². The van der Waals surface area contributed by atoms with Crippen molar-refractivity contribution in [3.8, 4) is 0 Å². The summed E-state index contributed by atoms with van der Waals surface area (Å²) in [4.78, 5) is 22.2. The monoisotopic (exact) mass is 253 g/mol. The van der Waals surface area contributed by atoms with Gasteiger partial charge in [0.25, 0.3) is 0 Å². The molecule has 3 unspecified atom stereocenters. The Kier molecular flexibility index (Phi) is 2.76. The molecule has 0 bridgehead atoms. The molecule has 0 radical (unpaired) electrons. The number of nitrogens with zero attached hydrogens (tertiary/aromatic N) is 1. The minimum absolute atomic E-state index is 0.0905. The second kappa shape index (κ2) is 3.86. The minimum Gasteiger partial charge on any atom is -0.479 e. The van der Waals surface area contributed by atoms with Crippen LogP contribution in [0.15, 0.2) is 0 Å². The zero-order chi connectivity index (χ0) is 12.8. The van der Waals surface area contributed by atoms with E-state index in [1.807, 2.05) is 0 Å². The molecule has 96 valence electrons. The molecule has 17 heavy (non-hydrogen) atoms. The van der Waals surface area contributed by atoms with Gasteiger partial charge >= 0.3 is 18.1 Å². The highest BCUT2D eigenvalue weighted by Gasteiger charge is 2.51. The van der Waals surface area contributed by atoms with Gasteiger partial charge in [-0.2, -0.15) is 13.2 Å². The third-order valence-corrected chi connectivity index (χ3v) is 3.04. The average Bonchev–Trinajstić information content (AvgIpc) is 2.70. The van der Waals surface area contributed by atoms with Gasteiger partial charge in [-0.25, -0.2) is 4.79 Å². The molecule has 0 aromatic heterocycles. The first-order valence-corrected chi connectivity index (χ1v) is 5.03. The molecule has 1 amide bonds. The molecular formula is C9H10F3NO4. The highest BCUT2D eigenvalue weighted by atomic mass is 19.4. The van der Waals surface area contributed by atoms with Crippen molar-refractivity contribution < 1.29 is 32.6 Å². The number of rotatable bonds is 1. The summed E-state index contributed by atoms with van der Waals surface area (Å²) in [7, 11) is 0. The number of likely N-dealkylation sites (tertiary alicyclic amines) is 1. The number of carbonyl (C=O) groups is 2. The first-order valence-electron chi connectivity index (χ1n) is 5.03. The Bertz CT molecular complexity index is 343. The number of hydrogen-bond acceptors (Lipinski definition) is 3. The van der Waals surface area contributed by atoms with Crippen molar-refractivity contribution in [3.63, 3.8) is 0 Å². The van der Waals surface area contributed by atoms with Crippen molar-refractivity contribution >= 4 is 11.9 Å². The number of carbonyl (C=O) groups excluding carboxylic acids is 1. The van der Waals surface area contributed by atoms with Crippen LogP contribution in [-0.4, -0.2) is 53.4 Å². The minimum atomic E-state index is -4.88. The number of halogens is 3. The van der Waals surface area contributed by atoms with E-state index in [1.165, 1.54) is 0 Å². The molecule has 1 N–H and O–H groups in total. The van der Waals surface area contributed by atoms with Crippen LogP contribution in [0.4, 0.5) is 13.2 Å². The zero-order valence-corrected chi connectivity index (χ0v) is 8.61. The fourth-order valence-corrected chi connectivity index (χ4v) is 2.27. The largest absolute Gasteiger partial charge is 0.479 e. The highest BCUT2D eigenvalue weighted by Crippen LogP contribution is 2.34. The molecule has 0 aliphatic carbocycles. The van der Waals surface area contributed by atoms with Crippen LogP contribution in [0.3, 0.4) is 0 Å². The molecule has 0 saturated carbocycles. The summed E-state index contributed by atoms with van der Waals surface area (Å²) in [6.45, 7) is -0.278. The van der Waals surface area contributed by atoms with Gasteiger partial charge in [0.2, 0.25) is 0 Å². The predicted octanol–water partition coefficient (Wildman–Crippen LogP) is 0.249. The fraction of sp³-hybridized carbons (Fsp3) is 0.778. The molecule has 2 rings (SSSR count). The van der Waals surface area contributed by atoms with E-state index in [0.717, 1.165) is 0 Å². The molecule has 3 atom stereocenters. The number of alkyl halides is 3. The van der Waals surface area contributed by atoms with Crippen molar-refractivity contribution in [1.82, 2.24) is 4.90 Å². The van der Waals surface area contributed by atoms with Crippen LogP contribution < -0.4 is 0 Å². The van der Waals surface area contributed by atoms with Crippen LogP contribution in [0.5, 0.6) is 0 Å². The van der Waals surface area contributed by atoms with Gasteiger partial charge in [0.15, 0.2) is 6.10 Å². The van der Waals surface area contributed by atoms with E-state index < -0.39 is 30.3 Å². The van der Waals surface area contributed by atoms with Crippen molar-refractivity contribution in [2.45, 2.75) is 24.8 Å². The molecule has 2 aliphatic heterocycles. The Labute approximate surface area is 94.1 Å². The van der Waals surface area contributed by atoms with Crippen molar-refractivity contribution in [1.29, 1.82) is 0 Å². The van der Waals surface area contributed by atoms with Crippen LogP contribution in [-0.2, 0) is 14.3 Å². The second-order valence-electron chi connectivity index (χ2n) is 4.21. The van der Waals surface area contributed by atoms with E-state index in [2.05, 4.69) is 0 Å². The Hall–Kier alpha value is -1.31. The molecule has 2 fully saturated rings. The van der Waals surface area contributed by atoms with Gasteiger partial charge in [0, 0.05) is 19.0 Å². The first kappa shape index (κ1) is 12.2. The topological polar surface area (TPSA) is 66.8 Å². The van der Waals surface area contributed by atoms with Crippen LogP contribution in [0, 0.1) is 5.92 Å². The zero-order valence-electron chi connectivity index (χ0n) is 8.61. The van der Waals surface area contributed by atoms with E-state index in [-0.39, 0.29) is 25.4 Å². The van der Waals surface area contributed by atoms with Gasteiger partial charge in [0.05, 0.1) is 6.10 Å². The van der Waals surface area contributed by atoms with E-state index in [0.29, 0.717) is 4.90 Å². The molecule has 2 aliphatic rings. The molecule has 0 aromatic rings. The first-order chi connectivity index (χ1) is 7.79. The summed E-state index contributed by atoms with van der Waals surface area (Å²) in [6, 6.07) is 0. The fourth-order valence-electron chi connectivity index (χ4n) is 2.27. The lowest BCUT2D eigenvalue weighted by molar-refractivity contribution is -0.185. The van der Waals surface area contributed by atoms with Gasteiger partial charge in [-0.1, -0.05) is 0 Å². The number of hydrogen-bond donors (Lipinski definition) is 1. The quantitative estimate of drug-likeness (QED) is 0.727. The maximum atomic E-state index is 12.2. The summed E-state index contributed by atoms with van der Waals surface area (Å²) in [6.07, 6.45) is -6.29. The number of carboxylic acid groups (broad SMARTS) is 1. The summed E-state index contributed by atoms with van der Waals surface area (Å²) in [5.74, 6) is -3.32. The summed E-state index contributed by atoms with van der Waals surface area (Å²) in [5.41, 5.74) is 0. The van der Waals surface area contributed by atoms with E-state index in [1.54, 1.807) is 0 Å². The molecule has 2 saturated heterocycles. The Balaban J connectivity index is 1.96. The average molecular weight is 253 g/mol. The van der Waals surface area contributed by atoms with Gasteiger partial charge in [-0.05, 0) is 6.42 Å². The van der Waals surface area contributed by atoms with Crippen LogP contribution >= 0.6 is 0 Å². The Morgan fingerprint density at radius 1 is 1.29 bits per heavy atom. The summed E-state index contributed by atoms with van der Waals surface area (Å²) in [5, 5.41) is 8.69. The van der Waals surface area contributed by atoms with Crippen molar-refractivity contribution in [2.24, 2.45) is 5.92 Å². The van der Waals surface area contributed by atoms with E-state index in [9.17, 15) is 22.8 Å². The van der Waals surface area contributed by atoms with Crippen molar-refractivity contribution in [2.75, 3.05) is 13.1 Å². The number of aliphatic carboxylic acids is 1. The van der Waals surface area contributed by atoms with E-state index in [4.69, 9.17) is 9.84 Å². The summed E-state index contributed by atoms with van der Waals surface area (Å²) < 4.78 is 41.5. The SMILES string of the molecule is O=C(O)C1CC2CN(C(=O)C(F)(F)F)CC2O1. The van der Waals surface area contributed by atoms with E-state index >= 15 is 0 Å². The number of carboxylic acids is 1. The predicted molar refractivity (Wildman–Crippen MR) is 47.0 cm³/mol. The molecule has 8 heteroatoms. The summed E-state index contributed by atoms with van der Waals surface area (Å²) >= 11 is 0. The lowest BCUT2D eigenvalue weighted by atomic mass is 10.0. The second-order valence-corrected chi connectivity index (χ2v) is 4.21. The molecule has 0 aromatic carbocycles. The highest BCUT2D eigenvalue weighted by molar-refractivity contribution is 5.82. The van der Waals surface area contributed by atoms with Gasteiger partial charge in [-0.15, -0.1) is 0 Å². The Morgan fingerprint density at radius 2 is 1.94 bits per heavy atom. The number of ether oxygens (including phenoxy) is 1. The molecule has 5 nitrogen and oxygen atoms in total. The van der Waals surface area contributed by atoms with Gasteiger partial charge in [0.1, 0.15) is 0 Å². The molecule has 2 heterocycles. The standard InChI is InChI=1S/C9H10F3NO4/c10-9(11,12)8(16)13-2-4-1-5(7(14)15)17-6(4)3-13/h4-6H,1-3H2,(H,14,15). The third-order valence-electron chi connectivity index (χ3n) is 3.04. The molecule has 0 spiro atoms. The maximum Gasteiger partial charge on any atom is 0.471 e. The van der Waals surface area contributed by atoms with Gasteiger partial charge in [-0.3, -0.25) is 4.79 Å². The lowest BCUT2D eigenvalue weighted by Gasteiger charge is -2.19. The van der Waals surface area contributed by atoms with Crippen LogP contribution in [0.2, 0.25) is 0 Å². The number of amides is 1. The number of fused-ring (bicyclic) bond motifs is 1. The molecular weight excluding hydrogens is 243 g/mol. The van der Waals surface area contributed by atoms with Crippen molar-refractivity contribution in [3.05, 3.63) is 0 Å². The van der Waals surface area contributed by atoms with Crippen LogP contribution in [0.25, 0.3) is 0 Å². The normalized spacial score (nSPS) is 32.6. The van der Waals surface area contributed by atoms with Crippen LogP contribution in [0.1, 0.15) is 6.42 Å².